The lowest BCUT2D eigenvalue weighted by Gasteiger charge is -2.29. The zero-order chi connectivity index (χ0) is 10.4. The van der Waals surface area contributed by atoms with E-state index in [2.05, 4.69) is 0 Å². The van der Waals surface area contributed by atoms with E-state index in [0.717, 1.165) is 25.9 Å². The summed E-state index contributed by atoms with van der Waals surface area (Å²) in [6.45, 7) is 1.98. The molecule has 0 aromatic heterocycles. The number of rotatable bonds is 3. The maximum Gasteiger partial charge on any atom is 0.322 e. The summed E-state index contributed by atoms with van der Waals surface area (Å²) in [5.74, 6) is -0.784. The van der Waals surface area contributed by atoms with Crippen LogP contribution >= 0.6 is 0 Å². The minimum absolute atomic E-state index is 0.218. The van der Waals surface area contributed by atoms with Crippen LogP contribution in [-0.4, -0.2) is 41.7 Å². The lowest BCUT2D eigenvalue weighted by molar-refractivity contribution is -0.143. The van der Waals surface area contributed by atoms with E-state index in [1.165, 1.54) is 19.3 Å². The Labute approximate surface area is 85.1 Å². The molecule has 0 radical (unpaired) electrons. The van der Waals surface area contributed by atoms with Crippen LogP contribution in [0.3, 0.4) is 0 Å². The van der Waals surface area contributed by atoms with E-state index >= 15 is 0 Å². The van der Waals surface area contributed by atoms with Crippen molar-refractivity contribution >= 4 is 5.97 Å². The number of nitrogens with zero attached hydrogens (tertiary/aromatic N) is 1. The highest BCUT2D eigenvalue weighted by Gasteiger charge is 2.23. The molecule has 0 aliphatic carbocycles. The number of carbonyl (C=O) groups is 1. The van der Waals surface area contributed by atoms with Crippen molar-refractivity contribution in [2.75, 3.05) is 19.6 Å². The summed E-state index contributed by atoms with van der Waals surface area (Å²) in [6, 6.07) is -0.479. The Hall–Kier alpha value is -0.610. The average Bonchev–Trinajstić information content (AvgIpc) is 2.08. The van der Waals surface area contributed by atoms with Gasteiger partial charge in [-0.2, -0.15) is 0 Å². The van der Waals surface area contributed by atoms with Crippen molar-refractivity contribution in [3.63, 3.8) is 0 Å². The molecule has 14 heavy (non-hydrogen) atoms. The minimum Gasteiger partial charge on any atom is -0.480 e. The van der Waals surface area contributed by atoms with Gasteiger partial charge in [0.05, 0.1) is 0 Å². The third-order valence-corrected chi connectivity index (χ3v) is 2.84. The van der Waals surface area contributed by atoms with Gasteiger partial charge < -0.3 is 10.8 Å². The fraction of sp³-hybridized carbons (Fsp3) is 0.900. The van der Waals surface area contributed by atoms with Crippen LogP contribution in [0, 0.1) is 0 Å². The van der Waals surface area contributed by atoms with E-state index < -0.39 is 12.0 Å². The number of carboxylic acids is 1. The molecule has 0 aromatic rings. The summed E-state index contributed by atoms with van der Waals surface area (Å²) in [7, 11) is 0. The monoisotopic (exact) mass is 200 g/mol. The number of aliphatic carboxylic acids is 1. The minimum atomic E-state index is -0.784. The first-order chi connectivity index (χ1) is 6.75. The van der Waals surface area contributed by atoms with E-state index in [4.69, 9.17) is 10.8 Å². The molecule has 4 nitrogen and oxygen atoms in total. The van der Waals surface area contributed by atoms with Crippen molar-refractivity contribution in [3.8, 4) is 0 Å². The van der Waals surface area contributed by atoms with E-state index in [1.807, 2.05) is 4.90 Å². The molecule has 3 N–H and O–H groups in total. The van der Waals surface area contributed by atoms with E-state index in [0.29, 0.717) is 0 Å². The van der Waals surface area contributed by atoms with Crippen LogP contribution in [0.4, 0.5) is 0 Å². The molecule has 0 amide bonds. The Morgan fingerprint density at radius 3 is 2.14 bits per heavy atom. The molecular weight excluding hydrogens is 180 g/mol. The van der Waals surface area contributed by atoms with Gasteiger partial charge in [0.2, 0.25) is 0 Å². The summed E-state index contributed by atoms with van der Waals surface area (Å²) in [5, 5.41) is 8.97. The second-order valence-corrected chi connectivity index (χ2v) is 3.89. The SMILES string of the molecule is NCC(C(=O)O)N1CCCCCCC1. The Morgan fingerprint density at radius 1 is 1.21 bits per heavy atom. The summed E-state index contributed by atoms with van der Waals surface area (Å²) in [6.07, 6.45) is 5.92. The standard InChI is InChI=1S/C10H20N2O2/c11-8-9(10(13)14)12-6-4-2-1-3-5-7-12/h9H,1-8,11H2,(H,13,14). The second-order valence-electron chi connectivity index (χ2n) is 3.89. The molecule has 1 fully saturated rings. The number of likely N-dealkylation sites (tertiary alicyclic amines) is 1. The van der Waals surface area contributed by atoms with Crippen molar-refractivity contribution < 1.29 is 9.90 Å². The van der Waals surface area contributed by atoms with E-state index in [9.17, 15) is 4.79 Å². The van der Waals surface area contributed by atoms with Gasteiger partial charge in [-0.1, -0.05) is 19.3 Å². The van der Waals surface area contributed by atoms with Gasteiger partial charge in [0.25, 0.3) is 0 Å². The largest absolute Gasteiger partial charge is 0.480 e. The van der Waals surface area contributed by atoms with Crippen LogP contribution in [0.25, 0.3) is 0 Å². The molecule has 0 aromatic carbocycles. The van der Waals surface area contributed by atoms with Crippen molar-refractivity contribution in [3.05, 3.63) is 0 Å². The van der Waals surface area contributed by atoms with Gasteiger partial charge in [0, 0.05) is 6.54 Å². The van der Waals surface area contributed by atoms with Crippen LogP contribution in [0.2, 0.25) is 0 Å². The first-order valence-electron chi connectivity index (χ1n) is 5.42. The maximum atomic E-state index is 10.9. The van der Waals surface area contributed by atoms with Crippen LogP contribution in [0.1, 0.15) is 32.1 Å². The molecule has 1 rings (SSSR count). The van der Waals surface area contributed by atoms with Gasteiger partial charge in [-0.3, -0.25) is 9.69 Å². The lowest BCUT2D eigenvalue weighted by atomic mass is 10.1. The van der Waals surface area contributed by atoms with Gasteiger partial charge in [0.1, 0.15) is 6.04 Å². The van der Waals surface area contributed by atoms with Gasteiger partial charge in [-0.05, 0) is 25.9 Å². The van der Waals surface area contributed by atoms with Crippen LogP contribution in [0.15, 0.2) is 0 Å². The lowest BCUT2D eigenvalue weighted by Crippen LogP contribution is -2.47. The highest BCUT2D eigenvalue weighted by Crippen LogP contribution is 2.12. The van der Waals surface area contributed by atoms with Gasteiger partial charge in [-0.25, -0.2) is 0 Å². The number of nitrogens with two attached hydrogens (primary N) is 1. The van der Waals surface area contributed by atoms with Gasteiger partial charge in [-0.15, -0.1) is 0 Å². The molecule has 1 heterocycles. The smallest absolute Gasteiger partial charge is 0.322 e. The second kappa shape index (κ2) is 5.98. The normalized spacial score (nSPS) is 22.4. The highest BCUT2D eigenvalue weighted by molar-refractivity contribution is 5.73. The summed E-state index contributed by atoms with van der Waals surface area (Å²) < 4.78 is 0. The zero-order valence-corrected chi connectivity index (χ0v) is 8.61. The van der Waals surface area contributed by atoms with Crippen molar-refractivity contribution in [2.24, 2.45) is 5.73 Å². The maximum absolute atomic E-state index is 10.9. The predicted octanol–water partition coefficient (Wildman–Crippen LogP) is 0.664. The number of hydrogen-bond donors (Lipinski definition) is 2. The van der Waals surface area contributed by atoms with E-state index in [1.54, 1.807) is 0 Å². The number of carboxylic acid groups (broad SMARTS) is 1. The Kier molecular flexibility index (Phi) is 4.90. The highest BCUT2D eigenvalue weighted by atomic mass is 16.4. The van der Waals surface area contributed by atoms with Gasteiger partial charge in [0.15, 0.2) is 0 Å². The molecule has 1 aliphatic heterocycles. The summed E-state index contributed by atoms with van der Waals surface area (Å²) in [4.78, 5) is 12.9. The molecule has 1 saturated heterocycles. The van der Waals surface area contributed by atoms with Crippen molar-refractivity contribution in [1.82, 2.24) is 4.90 Å². The summed E-state index contributed by atoms with van der Waals surface area (Å²) in [5.41, 5.74) is 5.47. The molecule has 1 atom stereocenters. The molecule has 0 bridgehead atoms. The first-order valence-corrected chi connectivity index (χ1v) is 5.42. The first kappa shape index (κ1) is 11.5. The van der Waals surface area contributed by atoms with Crippen molar-refractivity contribution in [2.45, 2.75) is 38.1 Å². The fourth-order valence-corrected chi connectivity index (χ4v) is 1.99. The number of hydrogen-bond acceptors (Lipinski definition) is 3. The van der Waals surface area contributed by atoms with E-state index in [-0.39, 0.29) is 6.54 Å². The molecular formula is C10H20N2O2. The molecule has 1 aliphatic rings. The third kappa shape index (κ3) is 3.27. The fourth-order valence-electron chi connectivity index (χ4n) is 1.99. The Bertz CT molecular complexity index is 177. The topological polar surface area (TPSA) is 66.6 Å². The quantitative estimate of drug-likeness (QED) is 0.702. The predicted molar refractivity (Wildman–Crippen MR) is 55.1 cm³/mol. The summed E-state index contributed by atoms with van der Waals surface area (Å²) >= 11 is 0. The Morgan fingerprint density at radius 2 is 1.71 bits per heavy atom. The molecule has 0 saturated carbocycles. The van der Waals surface area contributed by atoms with Crippen LogP contribution in [-0.2, 0) is 4.79 Å². The van der Waals surface area contributed by atoms with Crippen molar-refractivity contribution in [1.29, 1.82) is 0 Å². The average molecular weight is 200 g/mol. The molecule has 4 heteroatoms. The van der Waals surface area contributed by atoms with Crippen LogP contribution in [0.5, 0.6) is 0 Å². The molecule has 0 spiro atoms. The Balaban J connectivity index is 2.48. The van der Waals surface area contributed by atoms with Crippen LogP contribution < -0.4 is 5.73 Å². The third-order valence-electron chi connectivity index (χ3n) is 2.84. The molecule has 1 unspecified atom stereocenters. The molecule has 82 valence electrons. The van der Waals surface area contributed by atoms with Gasteiger partial charge >= 0.3 is 5.97 Å². The zero-order valence-electron chi connectivity index (χ0n) is 8.61.